The number of rotatable bonds is 4. The molecule has 6 heteroatoms. The van der Waals surface area contributed by atoms with Crippen molar-refractivity contribution in [2.75, 3.05) is 6.54 Å². The minimum absolute atomic E-state index is 0.000365. The Morgan fingerprint density at radius 1 is 1.44 bits per heavy atom. The zero-order chi connectivity index (χ0) is 13.3. The van der Waals surface area contributed by atoms with Crippen molar-refractivity contribution < 1.29 is 8.42 Å². The highest BCUT2D eigenvalue weighted by molar-refractivity contribution is 7.89. The topological polar surface area (TPSA) is 72.2 Å². The van der Waals surface area contributed by atoms with E-state index in [9.17, 15) is 8.42 Å². The Morgan fingerprint density at radius 2 is 2.17 bits per heavy atom. The first-order valence-corrected chi connectivity index (χ1v) is 8.53. The highest BCUT2D eigenvalue weighted by Gasteiger charge is 2.31. The van der Waals surface area contributed by atoms with E-state index in [2.05, 4.69) is 4.72 Å². The molecule has 0 spiro atoms. The minimum Gasteiger partial charge on any atom is -0.330 e. The van der Waals surface area contributed by atoms with E-state index in [0.717, 1.165) is 29.0 Å². The van der Waals surface area contributed by atoms with Gasteiger partial charge in [-0.05, 0) is 45.2 Å². The molecule has 0 saturated heterocycles. The number of nitrogens with one attached hydrogen (secondary N) is 1. The van der Waals surface area contributed by atoms with Crippen molar-refractivity contribution in [2.24, 2.45) is 11.7 Å². The number of thiophene rings is 1. The molecule has 0 amide bonds. The van der Waals surface area contributed by atoms with Crippen LogP contribution in [-0.4, -0.2) is 21.0 Å². The number of aryl methyl sites for hydroxylation is 2. The Bertz CT molecular complexity index is 522. The van der Waals surface area contributed by atoms with Crippen molar-refractivity contribution in [3.05, 3.63) is 15.8 Å². The smallest absolute Gasteiger partial charge is 0.241 e. The zero-order valence-electron chi connectivity index (χ0n) is 10.8. The van der Waals surface area contributed by atoms with Crippen LogP contribution in [0.2, 0.25) is 0 Å². The van der Waals surface area contributed by atoms with E-state index in [-0.39, 0.29) is 12.0 Å². The number of nitrogens with two attached hydrogens (primary N) is 1. The van der Waals surface area contributed by atoms with Gasteiger partial charge in [0.05, 0.1) is 4.90 Å². The highest BCUT2D eigenvalue weighted by Crippen LogP contribution is 2.29. The second-order valence-electron chi connectivity index (χ2n) is 4.93. The van der Waals surface area contributed by atoms with Crippen molar-refractivity contribution >= 4 is 21.4 Å². The quantitative estimate of drug-likeness (QED) is 0.887. The summed E-state index contributed by atoms with van der Waals surface area (Å²) in [6.07, 6.45) is 2.96. The summed E-state index contributed by atoms with van der Waals surface area (Å²) in [5.41, 5.74) is 5.68. The van der Waals surface area contributed by atoms with Gasteiger partial charge in [-0.2, -0.15) is 0 Å². The lowest BCUT2D eigenvalue weighted by atomic mass is 10.1. The van der Waals surface area contributed by atoms with Gasteiger partial charge in [0.15, 0.2) is 0 Å². The van der Waals surface area contributed by atoms with E-state index in [1.54, 1.807) is 6.07 Å². The second-order valence-corrected chi connectivity index (χ2v) is 8.07. The summed E-state index contributed by atoms with van der Waals surface area (Å²) in [4.78, 5) is 2.30. The summed E-state index contributed by atoms with van der Waals surface area (Å²) in [6.45, 7) is 4.32. The molecule has 0 radical (unpaired) electrons. The van der Waals surface area contributed by atoms with E-state index < -0.39 is 10.0 Å². The average Bonchev–Trinajstić information content (AvgIpc) is 2.84. The summed E-state index contributed by atoms with van der Waals surface area (Å²) in [7, 11) is -3.39. The van der Waals surface area contributed by atoms with Crippen LogP contribution in [0.5, 0.6) is 0 Å². The molecule has 3 N–H and O–H groups in total. The van der Waals surface area contributed by atoms with Crippen molar-refractivity contribution in [1.29, 1.82) is 0 Å². The molecule has 102 valence electrons. The van der Waals surface area contributed by atoms with Crippen LogP contribution < -0.4 is 10.5 Å². The number of hydrogen-bond donors (Lipinski definition) is 2. The first kappa shape index (κ1) is 14.0. The molecule has 1 saturated carbocycles. The van der Waals surface area contributed by atoms with Crippen LogP contribution in [0, 0.1) is 19.8 Å². The van der Waals surface area contributed by atoms with Crippen LogP contribution in [0.4, 0.5) is 0 Å². The van der Waals surface area contributed by atoms with E-state index in [4.69, 9.17) is 5.73 Å². The van der Waals surface area contributed by atoms with Crippen LogP contribution in [0.25, 0.3) is 0 Å². The van der Waals surface area contributed by atoms with Gasteiger partial charge in [-0.3, -0.25) is 0 Å². The van der Waals surface area contributed by atoms with Gasteiger partial charge >= 0.3 is 0 Å². The predicted octanol–water partition coefficient (Wildman–Crippen LogP) is 1.77. The fourth-order valence-electron chi connectivity index (χ4n) is 2.61. The maximum atomic E-state index is 12.3. The van der Waals surface area contributed by atoms with Crippen molar-refractivity contribution in [1.82, 2.24) is 4.72 Å². The predicted molar refractivity (Wildman–Crippen MR) is 74.3 cm³/mol. The highest BCUT2D eigenvalue weighted by atomic mass is 32.2. The van der Waals surface area contributed by atoms with E-state index in [1.807, 2.05) is 13.8 Å². The molecule has 1 aliphatic carbocycles. The largest absolute Gasteiger partial charge is 0.330 e. The molecular formula is C12H20N2O2S2. The molecule has 4 nitrogen and oxygen atoms in total. The van der Waals surface area contributed by atoms with Gasteiger partial charge in [0.1, 0.15) is 0 Å². The number of sulfonamides is 1. The fourth-order valence-corrected chi connectivity index (χ4v) is 5.51. The first-order valence-electron chi connectivity index (χ1n) is 6.23. The molecule has 2 atom stereocenters. The van der Waals surface area contributed by atoms with Gasteiger partial charge in [-0.1, -0.05) is 6.42 Å². The summed E-state index contributed by atoms with van der Waals surface area (Å²) in [6, 6.07) is 1.74. The van der Waals surface area contributed by atoms with E-state index >= 15 is 0 Å². The van der Waals surface area contributed by atoms with Gasteiger partial charge in [-0.25, -0.2) is 13.1 Å². The minimum atomic E-state index is -3.39. The lowest BCUT2D eigenvalue weighted by Gasteiger charge is -2.19. The Balaban J connectivity index is 2.19. The maximum absolute atomic E-state index is 12.3. The van der Waals surface area contributed by atoms with Crippen LogP contribution in [0.15, 0.2) is 11.0 Å². The summed E-state index contributed by atoms with van der Waals surface area (Å²) >= 11 is 1.52. The summed E-state index contributed by atoms with van der Waals surface area (Å²) < 4.78 is 27.5. The van der Waals surface area contributed by atoms with Gasteiger partial charge in [0.2, 0.25) is 10.0 Å². The lowest BCUT2D eigenvalue weighted by Crippen LogP contribution is -2.39. The summed E-state index contributed by atoms with van der Waals surface area (Å²) in [5, 5.41) is 0. The van der Waals surface area contributed by atoms with Crippen LogP contribution >= 0.6 is 11.3 Å². The molecule has 2 unspecified atom stereocenters. The van der Waals surface area contributed by atoms with Gasteiger partial charge in [0.25, 0.3) is 0 Å². The third-order valence-corrected chi connectivity index (χ3v) is 6.26. The van der Waals surface area contributed by atoms with Crippen LogP contribution in [-0.2, 0) is 10.0 Å². The standard InChI is InChI=1S/C12H20N2O2S2/c1-8-6-12(9(2)17-8)18(15,16)14-11-5-3-4-10(11)7-13/h6,10-11,14H,3-5,7,13H2,1-2H3. The van der Waals surface area contributed by atoms with Crippen molar-refractivity contribution in [3.8, 4) is 0 Å². The molecule has 1 aliphatic rings. The Labute approximate surface area is 113 Å². The fraction of sp³-hybridized carbons (Fsp3) is 0.667. The lowest BCUT2D eigenvalue weighted by molar-refractivity contribution is 0.453. The Hall–Kier alpha value is -0.430. The SMILES string of the molecule is Cc1cc(S(=O)(=O)NC2CCCC2CN)c(C)s1. The average molecular weight is 288 g/mol. The molecule has 2 rings (SSSR count). The second kappa shape index (κ2) is 5.28. The molecule has 0 bridgehead atoms. The third kappa shape index (κ3) is 2.77. The van der Waals surface area contributed by atoms with Crippen LogP contribution in [0.3, 0.4) is 0 Å². The summed E-state index contributed by atoms with van der Waals surface area (Å²) in [5.74, 6) is 0.278. The first-order chi connectivity index (χ1) is 8.44. The maximum Gasteiger partial charge on any atom is 0.241 e. The molecule has 1 fully saturated rings. The molecule has 0 aliphatic heterocycles. The monoisotopic (exact) mass is 288 g/mol. The van der Waals surface area contributed by atoms with E-state index in [1.165, 1.54) is 11.3 Å². The van der Waals surface area contributed by atoms with Gasteiger partial charge < -0.3 is 5.73 Å². The number of hydrogen-bond acceptors (Lipinski definition) is 4. The molecular weight excluding hydrogens is 268 g/mol. The molecule has 0 aromatic carbocycles. The molecule has 1 heterocycles. The Kier molecular flexibility index (Phi) is 4.11. The van der Waals surface area contributed by atoms with Crippen molar-refractivity contribution in [3.63, 3.8) is 0 Å². The third-order valence-electron chi connectivity index (χ3n) is 3.55. The zero-order valence-corrected chi connectivity index (χ0v) is 12.4. The van der Waals surface area contributed by atoms with Gasteiger partial charge in [-0.15, -0.1) is 11.3 Å². The van der Waals surface area contributed by atoms with Crippen LogP contribution in [0.1, 0.15) is 29.0 Å². The molecule has 1 aromatic heterocycles. The molecule has 18 heavy (non-hydrogen) atoms. The van der Waals surface area contributed by atoms with Gasteiger partial charge in [0, 0.05) is 15.8 Å². The normalized spacial score (nSPS) is 24.6. The molecule has 1 aromatic rings. The Morgan fingerprint density at radius 3 is 2.72 bits per heavy atom. The van der Waals surface area contributed by atoms with E-state index in [0.29, 0.717) is 11.4 Å². The van der Waals surface area contributed by atoms with Crippen molar-refractivity contribution in [2.45, 2.75) is 44.0 Å².